The van der Waals surface area contributed by atoms with Gasteiger partial charge in [-0.3, -0.25) is 0 Å². The van der Waals surface area contributed by atoms with Crippen LogP contribution in [0.5, 0.6) is 5.75 Å². The van der Waals surface area contributed by atoms with E-state index in [1.165, 1.54) is 38.9 Å². The predicted molar refractivity (Wildman–Crippen MR) is 87.6 cm³/mol. The van der Waals surface area contributed by atoms with Crippen LogP contribution in [0.1, 0.15) is 37.3 Å². The molecule has 0 aromatic heterocycles. The number of ether oxygens (including phenoxy) is 1. The highest BCUT2D eigenvalue weighted by Crippen LogP contribution is 2.39. The maximum Gasteiger partial charge on any atom is 0.142 e. The van der Waals surface area contributed by atoms with Crippen molar-refractivity contribution in [2.45, 2.75) is 31.7 Å². The maximum absolute atomic E-state index is 6.22. The van der Waals surface area contributed by atoms with E-state index >= 15 is 0 Å². The second-order valence-corrected chi connectivity index (χ2v) is 6.70. The Bertz CT molecular complexity index is 489. The minimum atomic E-state index is 0.295. The Morgan fingerprint density at radius 3 is 2.86 bits per heavy atom. The Labute approximate surface area is 136 Å². The Hall–Kier alpha value is -0.480. The second kappa shape index (κ2) is 7.19. The summed E-state index contributed by atoms with van der Waals surface area (Å²) in [5, 5.41) is 4.92. The SMILES string of the molecule is Clc1cc(Cl)c2c(c1)C(NCCCN1CCCC1)CCO2. The number of nitrogens with zero attached hydrogens (tertiary/aromatic N) is 1. The number of hydrogen-bond donors (Lipinski definition) is 1. The number of hydrogen-bond acceptors (Lipinski definition) is 3. The third-order valence-corrected chi connectivity index (χ3v) is 4.80. The number of benzene rings is 1. The van der Waals surface area contributed by atoms with E-state index in [0.717, 1.165) is 24.3 Å². The van der Waals surface area contributed by atoms with Crippen molar-refractivity contribution in [2.75, 3.05) is 32.8 Å². The zero-order valence-corrected chi connectivity index (χ0v) is 13.7. The van der Waals surface area contributed by atoms with Crippen LogP contribution in [-0.2, 0) is 0 Å². The van der Waals surface area contributed by atoms with Crippen LogP contribution in [0, 0.1) is 0 Å². The molecule has 1 unspecified atom stereocenters. The monoisotopic (exact) mass is 328 g/mol. The molecule has 1 aromatic rings. The average Bonchev–Trinajstić information content (AvgIpc) is 2.97. The van der Waals surface area contributed by atoms with Crippen LogP contribution in [0.25, 0.3) is 0 Å². The third kappa shape index (κ3) is 3.84. The molecule has 5 heteroatoms. The van der Waals surface area contributed by atoms with E-state index in [0.29, 0.717) is 22.7 Å². The van der Waals surface area contributed by atoms with Gasteiger partial charge in [0, 0.05) is 23.0 Å². The first-order chi connectivity index (χ1) is 10.2. The molecule has 116 valence electrons. The zero-order chi connectivity index (χ0) is 14.7. The molecule has 1 saturated heterocycles. The van der Waals surface area contributed by atoms with Crippen molar-refractivity contribution in [3.8, 4) is 5.75 Å². The molecule has 2 heterocycles. The van der Waals surface area contributed by atoms with E-state index in [1.54, 1.807) is 6.07 Å². The fourth-order valence-electron chi connectivity index (χ4n) is 3.22. The van der Waals surface area contributed by atoms with Crippen molar-refractivity contribution in [3.05, 3.63) is 27.7 Å². The topological polar surface area (TPSA) is 24.5 Å². The Morgan fingerprint density at radius 1 is 1.24 bits per heavy atom. The number of likely N-dealkylation sites (tertiary alicyclic amines) is 1. The van der Waals surface area contributed by atoms with Gasteiger partial charge >= 0.3 is 0 Å². The standard InChI is InChI=1S/C16H22Cl2N2O/c17-12-10-13-15(4-9-21-16(13)14(18)11-12)19-5-3-8-20-6-1-2-7-20/h10-11,15,19H,1-9H2. The lowest BCUT2D eigenvalue weighted by Crippen LogP contribution is -2.30. The summed E-state index contributed by atoms with van der Waals surface area (Å²) in [5.74, 6) is 0.796. The molecule has 1 aromatic carbocycles. The number of rotatable bonds is 5. The molecule has 0 spiro atoms. The van der Waals surface area contributed by atoms with Crippen LogP contribution in [0.3, 0.4) is 0 Å². The van der Waals surface area contributed by atoms with Gasteiger partial charge in [0.25, 0.3) is 0 Å². The van der Waals surface area contributed by atoms with Gasteiger partial charge in [-0.25, -0.2) is 0 Å². The highest BCUT2D eigenvalue weighted by molar-refractivity contribution is 6.35. The van der Waals surface area contributed by atoms with Gasteiger partial charge in [-0.05, 0) is 57.6 Å². The summed E-state index contributed by atoms with van der Waals surface area (Å²) >= 11 is 12.3. The van der Waals surface area contributed by atoms with Crippen LogP contribution < -0.4 is 10.1 Å². The van der Waals surface area contributed by atoms with Crippen molar-refractivity contribution in [2.24, 2.45) is 0 Å². The Balaban J connectivity index is 1.55. The van der Waals surface area contributed by atoms with Gasteiger partial charge in [0.15, 0.2) is 0 Å². The summed E-state index contributed by atoms with van der Waals surface area (Å²) in [4.78, 5) is 2.55. The lowest BCUT2D eigenvalue weighted by atomic mass is 10.0. The maximum atomic E-state index is 6.22. The van der Waals surface area contributed by atoms with Crippen molar-refractivity contribution >= 4 is 23.2 Å². The molecule has 2 aliphatic rings. The smallest absolute Gasteiger partial charge is 0.142 e. The number of nitrogens with one attached hydrogen (secondary N) is 1. The van der Waals surface area contributed by atoms with Gasteiger partial charge in [-0.15, -0.1) is 0 Å². The molecule has 0 amide bonds. The molecular weight excluding hydrogens is 307 g/mol. The molecule has 21 heavy (non-hydrogen) atoms. The van der Waals surface area contributed by atoms with Crippen molar-refractivity contribution in [3.63, 3.8) is 0 Å². The normalized spacial score (nSPS) is 22.1. The lowest BCUT2D eigenvalue weighted by molar-refractivity contribution is 0.250. The quantitative estimate of drug-likeness (QED) is 0.830. The highest BCUT2D eigenvalue weighted by atomic mass is 35.5. The molecule has 3 nitrogen and oxygen atoms in total. The van der Waals surface area contributed by atoms with E-state index in [2.05, 4.69) is 10.2 Å². The van der Waals surface area contributed by atoms with Gasteiger partial charge in [0.2, 0.25) is 0 Å². The molecule has 2 aliphatic heterocycles. The number of fused-ring (bicyclic) bond motifs is 1. The molecule has 1 fully saturated rings. The van der Waals surface area contributed by atoms with E-state index in [-0.39, 0.29) is 0 Å². The largest absolute Gasteiger partial charge is 0.492 e. The van der Waals surface area contributed by atoms with Gasteiger partial charge in [0.05, 0.1) is 11.6 Å². The predicted octanol–water partition coefficient (Wildman–Crippen LogP) is 3.89. The van der Waals surface area contributed by atoms with E-state index < -0.39 is 0 Å². The molecule has 1 N–H and O–H groups in total. The summed E-state index contributed by atoms with van der Waals surface area (Å²) in [6.45, 7) is 5.46. The zero-order valence-electron chi connectivity index (χ0n) is 12.2. The van der Waals surface area contributed by atoms with Gasteiger partial charge in [-0.1, -0.05) is 23.2 Å². The molecule has 1 atom stereocenters. The molecule has 3 rings (SSSR count). The van der Waals surface area contributed by atoms with Crippen LogP contribution in [0.2, 0.25) is 10.0 Å². The van der Waals surface area contributed by atoms with Gasteiger partial charge in [0.1, 0.15) is 5.75 Å². The molecule has 0 saturated carbocycles. The first-order valence-electron chi connectivity index (χ1n) is 7.81. The third-order valence-electron chi connectivity index (χ3n) is 4.31. The minimum absolute atomic E-state index is 0.295. The molecular formula is C16H22Cl2N2O. The van der Waals surface area contributed by atoms with Gasteiger partial charge in [-0.2, -0.15) is 0 Å². The highest BCUT2D eigenvalue weighted by Gasteiger charge is 2.23. The summed E-state index contributed by atoms with van der Waals surface area (Å²) in [6.07, 6.45) is 4.86. The van der Waals surface area contributed by atoms with Crippen molar-refractivity contribution in [1.82, 2.24) is 10.2 Å². The second-order valence-electron chi connectivity index (χ2n) is 5.85. The molecule has 0 radical (unpaired) electrons. The molecule has 0 bridgehead atoms. The van der Waals surface area contributed by atoms with Crippen molar-refractivity contribution in [1.29, 1.82) is 0 Å². The van der Waals surface area contributed by atoms with Crippen LogP contribution >= 0.6 is 23.2 Å². The summed E-state index contributed by atoms with van der Waals surface area (Å²) in [6, 6.07) is 4.01. The Kier molecular flexibility index (Phi) is 5.28. The Morgan fingerprint density at radius 2 is 2.05 bits per heavy atom. The van der Waals surface area contributed by atoms with Crippen LogP contribution in [0.15, 0.2) is 12.1 Å². The van der Waals surface area contributed by atoms with Gasteiger partial charge < -0.3 is 15.0 Å². The lowest BCUT2D eigenvalue weighted by Gasteiger charge is -2.28. The summed E-state index contributed by atoms with van der Waals surface area (Å²) in [5.41, 5.74) is 1.10. The minimum Gasteiger partial charge on any atom is -0.492 e. The summed E-state index contributed by atoms with van der Waals surface area (Å²) in [7, 11) is 0. The number of halogens is 2. The first-order valence-corrected chi connectivity index (χ1v) is 8.57. The average molecular weight is 329 g/mol. The fourth-order valence-corrected chi connectivity index (χ4v) is 3.79. The van der Waals surface area contributed by atoms with E-state index in [1.807, 2.05) is 6.07 Å². The first kappa shape index (κ1) is 15.4. The van der Waals surface area contributed by atoms with E-state index in [4.69, 9.17) is 27.9 Å². The molecule has 0 aliphatic carbocycles. The van der Waals surface area contributed by atoms with Crippen LogP contribution in [-0.4, -0.2) is 37.7 Å². The summed E-state index contributed by atoms with van der Waals surface area (Å²) < 4.78 is 5.69. The van der Waals surface area contributed by atoms with E-state index in [9.17, 15) is 0 Å². The van der Waals surface area contributed by atoms with Crippen LogP contribution in [0.4, 0.5) is 0 Å². The fraction of sp³-hybridized carbons (Fsp3) is 0.625. The van der Waals surface area contributed by atoms with Crippen molar-refractivity contribution < 1.29 is 4.74 Å².